The molecule has 1 N–H and O–H groups in total. The first kappa shape index (κ1) is 16.1. The Kier molecular flexibility index (Phi) is 5.00. The van der Waals surface area contributed by atoms with Crippen LogP contribution in [0, 0.1) is 11.3 Å². The van der Waals surface area contributed by atoms with Crippen molar-refractivity contribution in [3.63, 3.8) is 0 Å². The molecule has 0 heterocycles. The summed E-state index contributed by atoms with van der Waals surface area (Å²) in [5.74, 6) is 0.394. The minimum absolute atomic E-state index is 0.0118. The Hall–Kier alpha value is -3.26. The zero-order chi connectivity index (χ0) is 16.8. The molecule has 5 heteroatoms. The zero-order valence-electron chi connectivity index (χ0n) is 12.7. The van der Waals surface area contributed by atoms with Crippen LogP contribution in [0.1, 0.15) is 15.9 Å². The number of nitrogens with zero attached hydrogens (tertiary/aromatic N) is 1. The second-order valence-electron chi connectivity index (χ2n) is 4.66. The molecule has 0 amide bonds. The van der Waals surface area contributed by atoms with Crippen molar-refractivity contribution in [1.82, 2.24) is 0 Å². The molecule has 0 bridgehead atoms. The Bertz CT molecular complexity index is 803. The fourth-order valence-corrected chi connectivity index (χ4v) is 2.02. The number of carbonyl (C=O) groups is 1. The van der Waals surface area contributed by atoms with Gasteiger partial charge in [0.25, 0.3) is 0 Å². The molecule has 0 aromatic heterocycles. The largest absolute Gasteiger partial charge is 0.504 e. The average Bonchev–Trinajstić information content (AvgIpc) is 2.60. The smallest absolute Gasteiger partial charge is 0.203 e. The van der Waals surface area contributed by atoms with Gasteiger partial charge >= 0.3 is 0 Å². The minimum Gasteiger partial charge on any atom is -0.504 e. The lowest BCUT2D eigenvalue weighted by Crippen LogP contribution is -2.02. The quantitative estimate of drug-likeness (QED) is 0.521. The molecule has 0 radical (unpaired) electrons. The number of nitriles is 1. The number of hydrogen-bond donors (Lipinski definition) is 1. The molecule has 0 unspecified atom stereocenters. The van der Waals surface area contributed by atoms with E-state index in [-0.39, 0.29) is 17.1 Å². The first-order valence-corrected chi connectivity index (χ1v) is 6.76. The van der Waals surface area contributed by atoms with Gasteiger partial charge in [0.05, 0.1) is 14.2 Å². The van der Waals surface area contributed by atoms with E-state index in [4.69, 9.17) is 9.47 Å². The summed E-state index contributed by atoms with van der Waals surface area (Å²) in [6, 6.07) is 13.1. The molecule has 2 aromatic carbocycles. The van der Waals surface area contributed by atoms with Crippen molar-refractivity contribution >= 4 is 11.9 Å². The Morgan fingerprint density at radius 2 is 1.96 bits per heavy atom. The molecule has 0 saturated heterocycles. The third kappa shape index (κ3) is 3.69. The molecule has 0 fully saturated rings. The van der Waals surface area contributed by atoms with Gasteiger partial charge < -0.3 is 14.6 Å². The number of benzene rings is 2. The lowest BCUT2D eigenvalue weighted by molar-refractivity contribution is 0.103. The van der Waals surface area contributed by atoms with Gasteiger partial charge in [-0.25, -0.2) is 0 Å². The lowest BCUT2D eigenvalue weighted by Gasteiger charge is -2.05. The summed E-state index contributed by atoms with van der Waals surface area (Å²) >= 11 is 0. The molecule has 0 aliphatic heterocycles. The van der Waals surface area contributed by atoms with Crippen molar-refractivity contribution < 1.29 is 19.4 Å². The van der Waals surface area contributed by atoms with Gasteiger partial charge in [0.1, 0.15) is 17.4 Å². The van der Waals surface area contributed by atoms with E-state index in [0.29, 0.717) is 16.9 Å². The molecule has 5 nitrogen and oxygen atoms in total. The number of ketones is 1. The van der Waals surface area contributed by atoms with Gasteiger partial charge in [-0.15, -0.1) is 0 Å². The van der Waals surface area contributed by atoms with Gasteiger partial charge in [-0.1, -0.05) is 18.2 Å². The highest BCUT2D eigenvalue weighted by atomic mass is 16.5. The number of ether oxygens (including phenoxy) is 2. The molecular formula is C18H15NO4. The standard InChI is InChI=1S/C18H15NO4/c1-22-15-5-3-4-13(10-15)18(21)14(11-19)8-12-6-7-16(20)17(9-12)23-2/h3-10,20H,1-2H3. The maximum Gasteiger partial charge on any atom is 0.203 e. The van der Waals surface area contributed by atoms with Crippen molar-refractivity contribution in [2.75, 3.05) is 14.2 Å². The molecule has 2 aromatic rings. The van der Waals surface area contributed by atoms with Gasteiger partial charge in [-0.05, 0) is 35.9 Å². The maximum absolute atomic E-state index is 12.4. The number of Topliss-reactive ketones (excluding diaryl/α,β-unsaturated/α-hetero) is 1. The van der Waals surface area contributed by atoms with E-state index >= 15 is 0 Å². The molecule has 0 spiro atoms. The van der Waals surface area contributed by atoms with Crippen LogP contribution in [0.15, 0.2) is 48.0 Å². The highest BCUT2D eigenvalue weighted by Crippen LogP contribution is 2.27. The van der Waals surface area contributed by atoms with Crippen LogP contribution in [0.3, 0.4) is 0 Å². The highest BCUT2D eigenvalue weighted by molar-refractivity contribution is 6.14. The van der Waals surface area contributed by atoms with E-state index in [1.165, 1.54) is 26.4 Å². The fourth-order valence-electron chi connectivity index (χ4n) is 2.02. The van der Waals surface area contributed by atoms with Gasteiger partial charge in [-0.2, -0.15) is 5.26 Å². The third-order valence-corrected chi connectivity index (χ3v) is 3.21. The number of aromatic hydroxyl groups is 1. The normalized spacial score (nSPS) is 10.7. The van der Waals surface area contributed by atoms with Crippen molar-refractivity contribution in [3.05, 3.63) is 59.2 Å². The Labute approximate surface area is 134 Å². The predicted molar refractivity (Wildman–Crippen MR) is 85.6 cm³/mol. The van der Waals surface area contributed by atoms with E-state index in [9.17, 15) is 15.2 Å². The number of phenolic OH excluding ortho intramolecular Hbond substituents is 1. The van der Waals surface area contributed by atoms with Gasteiger partial charge in [-0.3, -0.25) is 4.79 Å². The second kappa shape index (κ2) is 7.14. The number of carbonyl (C=O) groups excluding carboxylic acids is 1. The fraction of sp³-hybridized carbons (Fsp3) is 0.111. The lowest BCUT2D eigenvalue weighted by atomic mass is 10.0. The van der Waals surface area contributed by atoms with Crippen LogP contribution in [-0.2, 0) is 0 Å². The van der Waals surface area contributed by atoms with Crippen LogP contribution < -0.4 is 9.47 Å². The molecule has 0 saturated carbocycles. The topological polar surface area (TPSA) is 79.6 Å². The summed E-state index contributed by atoms with van der Waals surface area (Å²) in [5, 5.41) is 18.9. The van der Waals surface area contributed by atoms with Crippen molar-refractivity contribution in [3.8, 4) is 23.3 Å². The van der Waals surface area contributed by atoms with Crippen LogP contribution in [0.2, 0.25) is 0 Å². The number of hydrogen-bond acceptors (Lipinski definition) is 5. The summed E-state index contributed by atoms with van der Waals surface area (Å²) in [6.07, 6.45) is 1.45. The molecule has 23 heavy (non-hydrogen) atoms. The summed E-state index contributed by atoms with van der Waals surface area (Å²) in [5.41, 5.74) is 0.918. The highest BCUT2D eigenvalue weighted by Gasteiger charge is 2.13. The van der Waals surface area contributed by atoms with E-state index in [1.807, 2.05) is 6.07 Å². The third-order valence-electron chi connectivity index (χ3n) is 3.21. The molecule has 116 valence electrons. The minimum atomic E-state index is -0.404. The van der Waals surface area contributed by atoms with Crippen LogP contribution in [0.4, 0.5) is 0 Å². The average molecular weight is 309 g/mol. The van der Waals surface area contributed by atoms with E-state index in [2.05, 4.69) is 0 Å². The summed E-state index contributed by atoms with van der Waals surface area (Å²) in [7, 11) is 2.93. The molecule has 2 rings (SSSR count). The van der Waals surface area contributed by atoms with E-state index in [0.717, 1.165) is 0 Å². The van der Waals surface area contributed by atoms with Crippen molar-refractivity contribution in [2.45, 2.75) is 0 Å². The summed E-state index contributed by atoms with van der Waals surface area (Å²) in [6.45, 7) is 0. The van der Waals surface area contributed by atoms with Gasteiger partial charge in [0.15, 0.2) is 11.5 Å². The maximum atomic E-state index is 12.4. The molecule has 0 atom stereocenters. The molecule has 0 aliphatic carbocycles. The van der Waals surface area contributed by atoms with Crippen molar-refractivity contribution in [1.29, 1.82) is 5.26 Å². The first-order valence-electron chi connectivity index (χ1n) is 6.76. The monoisotopic (exact) mass is 309 g/mol. The van der Waals surface area contributed by atoms with Crippen LogP contribution >= 0.6 is 0 Å². The Balaban J connectivity index is 2.38. The Morgan fingerprint density at radius 3 is 2.61 bits per heavy atom. The van der Waals surface area contributed by atoms with E-state index in [1.54, 1.807) is 36.4 Å². The first-order chi connectivity index (χ1) is 11.1. The number of rotatable bonds is 5. The van der Waals surface area contributed by atoms with E-state index < -0.39 is 5.78 Å². The predicted octanol–water partition coefficient (Wildman–Crippen LogP) is 3.20. The number of methoxy groups -OCH3 is 2. The van der Waals surface area contributed by atoms with Gasteiger partial charge in [0.2, 0.25) is 5.78 Å². The summed E-state index contributed by atoms with van der Waals surface area (Å²) in [4.78, 5) is 12.4. The summed E-state index contributed by atoms with van der Waals surface area (Å²) < 4.78 is 10.1. The SMILES string of the molecule is COc1cccc(C(=O)C(C#N)=Cc2ccc(O)c(OC)c2)c1. The van der Waals surface area contributed by atoms with Crippen LogP contribution in [-0.4, -0.2) is 25.1 Å². The Morgan fingerprint density at radius 1 is 1.17 bits per heavy atom. The molecule has 0 aliphatic rings. The number of allylic oxidation sites excluding steroid dienone is 1. The number of phenols is 1. The second-order valence-corrected chi connectivity index (χ2v) is 4.66. The zero-order valence-corrected chi connectivity index (χ0v) is 12.7. The van der Waals surface area contributed by atoms with Gasteiger partial charge in [0, 0.05) is 5.56 Å². The van der Waals surface area contributed by atoms with Crippen LogP contribution in [0.25, 0.3) is 6.08 Å². The molecular weight excluding hydrogens is 294 g/mol. The van der Waals surface area contributed by atoms with Crippen LogP contribution in [0.5, 0.6) is 17.2 Å². The van der Waals surface area contributed by atoms with Crippen molar-refractivity contribution in [2.24, 2.45) is 0 Å².